The zero-order valence-corrected chi connectivity index (χ0v) is 15.1. The maximum absolute atomic E-state index is 12.5. The molecule has 1 aromatic rings. The predicted molar refractivity (Wildman–Crippen MR) is 100 cm³/mol. The molecule has 4 rings (SSSR count). The molecule has 25 heavy (non-hydrogen) atoms. The average Bonchev–Trinajstić information content (AvgIpc) is 3.27. The van der Waals surface area contributed by atoms with Gasteiger partial charge in [-0.05, 0) is 23.8 Å². The Hall–Kier alpha value is -1.79. The molecular weight excluding hydrogens is 334 g/mol. The van der Waals surface area contributed by atoms with Crippen LogP contribution in [0.3, 0.4) is 0 Å². The monoisotopic (exact) mass is 357 g/mol. The van der Waals surface area contributed by atoms with Crippen LogP contribution in [0.5, 0.6) is 0 Å². The van der Waals surface area contributed by atoms with Crippen molar-refractivity contribution in [1.82, 2.24) is 10.2 Å². The molecule has 0 saturated carbocycles. The van der Waals surface area contributed by atoms with Crippen LogP contribution in [0.25, 0.3) is 0 Å². The molecule has 0 unspecified atom stereocenters. The minimum atomic E-state index is -0.0196. The van der Waals surface area contributed by atoms with Gasteiger partial charge in [0.1, 0.15) is 0 Å². The van der Waals surface area contributed by atoms with Crippen LogP contribution >= 0.6 is 11.8 Å². The Bertz CT molecular complexity index is 696. The minimum absolute atomic E-state index is 0.0196. The highest BCUT2D eigenvalue weighted by Gasteiger charge is 2.35. The summed E-state index contributed by atoms with van der Waals surface area (Å²) in [6, 6.07) is 10.5. The number of fused-ring (bicyclic) bond motifs is 1. The second-order valence-corrected chi connectivity index (χ2v) is 7.59. The maximum atomic E-state index is 12.5. The number of ether oxygens (including phenoxy) is 1. The molecule has 1 fully saturated rings. The van der Waals surface area contributed by atoms with Crippen molar-refractivity contribution in [3.63, 3.8) is 0 Å². The molecule has 3 aliphatic rings. The number of nitrogens with zero attached hydrogens (tertiary/aromatic N) is 2. The Morgan fingerprint density at radius 3 is 2.88 bits per heavy atom. The van der Waals surface area contributed by atoms with Crippen LogP contribution in [-0.4, -0.2) is 48.8 Å². The first kappa shape index (κ1) is 16.7. The highest BCUT2D eigenvalue weighted by atomic mass is 32.2. The molecule has 0 bridgehead atoms. The molecule has 0 aliphatic carbocycles. The van der Waals surface area contributed by atoms with E-state index >= 15 is 0 Å². The normalized spacial score (nSPS) is 21.5. The number of carbonyl (C=O) groups is 1. The molecule has 1 N–H and O–H groups in total. The van der Waals surface area contributed by atoms with Crippen LogP contribution in [0.2, 0.25) is 0 Å². The summed E-state index contributed by atoms with van der Waals surface area (Å²) in [5.41, 5.74) is 2.34. The molecule has 6 heteroatoms. The van der Waals surface area contributed by atoms with E-state index in [1.165, 1.54) is 5.56 Å². The lowest BCUT2D eigenvalue weighted by atomic mass is 9.74. The number of thioether (sulfide) groups is 1. The van der Waals surface area contributed by atoms with Gasteiger partial charge in [0.15, 0.2) is 5.17 Å². The zero-order valence-electron chi connectivity index (χ0n) is 14.2. The quantitative estimate of drug-likeness (QED) is 0.880. The van der Waals surface area contributed by atoms with Gasteiger partial charge in [0, 0.05) is 37.4 Å². The van der Waals surface area contributed by atoms with Gasteiger partial charge < -0.3 is 15.0 Å². The van der Waals surface area contributed by atoms with E-state index in [-0.39, 0.29) is 11.3 Å². The van der Waals surface area contributed by atoms with Gasteiger partial charge in [-0.15, -0.1) is 0 Å². The largest absolute Gasteiger partial charge is 0.381 e. The number of amides is 1. The molecule has 0 radical (unpaired) electrons. The zero-order chi connectivity index (χ0) is 17.1. The van der Waals surface area contributed by atoms with Crippen molar-refractivity contribution >= 4 is 22.8 Å². The Morgan fingerprint density at radius 1 is 1.28 bits per heavy atom. The van der Waals surface area contributed by atoms with Gasteiger partial charge in [-0.1, -0.05) is 42.1 Å². The van der Waals surface area contributed by atoms with Crippen LogP contribution < -0.4 is 5.32 Å². The van der Waals surface area contributed by atoms with Gasteiger partial charge in [-0.2, -0.15) is 0 Å². The fourth-order valence-electron chi connectivity index (χ4n) is 3.73. The van der Waals surface area contributed by atoms with E-state index in [1.807, 2.05) is 6.07 Å². The van der Waals surface area contributed by atoms with Crippen molar-refractivity contribution in [2.45, 2.75) is 24.7 Å². The van der Waals surface area contributed by atoms with Gasteiger partial charge in [0.25, 0.3) is 0 Å². The Kier molecular flexibility index (Phi) is 4.81. The molecule has 0 spiro atoms. The van der Waals surface area contributed by atoms with Crippen LogP contribution in [0, 0.1) is 0 Å². The van der Waals surface area contributed by atoms with Crippen molar-refractivity contribution in [3.05, 3.63) is 47.0 Å². The van der Waals surface area contributed by atoms with Gasteiger partial charge in [-0.25, -0.2) is 0 Å². The van der Waals surface area contributed by atoms with Crippen molar-refractivity contribution in [2.24, 2.45) is 4.99 Å². The molecule has 1 amide bonds. The number of hydrogen-bond acceptors (Lipinski definition) is 5. The van der Waals surface area contributed by atoms with Crippen molar-refractivity contribution in [3.8, 4) is 0 Å². The summed E-state index contributed by atoms with van der Waals surface area (Å²) in [5.74, 6) is 0.0850. The average molecular weight is 357 g/mol. The third-order valence-corrected chi connectivity index (χ3v) is 6.20. The predicted octanol–water partition coefficient (Wildman–Crippen LogP) is 2.50. The lowest BCUT2D eigenvalue weighted by Gasteiger charge is -2.38. The number of hydrogen-bond donors (Lipinski definition) is 1. The fraction of sp³-hybridized carbons (Fsp3) is 0.474. The first-order valence-electron chi connectivity index (χ1n) is 8.85. The summed E-state index contributed by atoms with van der Waals surface area (Å²) in [6.07, 6.45) is 2.31. The standard InChI is InChI=1S/C19H23N3O2S/c23-17(12-16-13-25-18-20-8-9-22(16)18)21-14-19(6-10-24-11-7-19)15-4-2-1-3-5-15/h1-5,13H,6-12,14H2,(H,21,23). The van der Waals surface area contributed by atoms with E-state index < -0.39 is 0 Å². The molecule has 3 aliphatic heterocycles. The third-order valence-electron chi connectivity index (χ3n) is 5.25. The molecule has 0 aromatic heterocycles. The molecular formula is C19H23N3O2S. The van der Waals surface area contributed by atoms with Crippen molar-refractivity contribution < 1.29 is 9.53 Å². The number of carbonyl (C=O) groups excluding carboxylic acids is 1. The summed E-state index contributed by atoms with van der Waals surface area (Å²) >= 11 is 1.62. The lowest BCUT2D eigenvalue weighted by Crippen LogP contribution is -2.44. The topological polar surface area (TPSA) is 53.9 Å². The number of nitrogens with one attached hydrogen (secondary N) is 1. The maximum Gasteiger partial charge on any atom is 0.225 e. The van der Waals surface area contributed by atoms with Gasteiger partial charge in [0.2, 0.25) is 5.91 Å². The van der Waals surface area contributed by atoms with E-state index in [2.05, 4.69) is 44.9 Å². The number of benzene rings is 1. The summed E-state index contributed by atoms with van der Waals surface area (Å²) in [6.45, 7) is 3.89. The van der Waals surface area contributed by atoms with Gasteiger partial charge in [0.05, 0.1) is 13.0 Å². The molecule has 5 nitrogen and oxygen atoms in total. The van der Waals surface area contributed by atoms with Gasteiger partial charge in [-0.3, -0.25) is 9.79 Å². The number of rotatable bonds is 5. The van der Waals surface area contributed by atoms with Gasteiger partial charge >= 0.3 is 0 Å². The highest BCUT2D eigenvalue weighted by molar-refractivity contribution is 8.16. The van der Waals surface area contributed by atoms with Crippen molar-refractivity contribution in [2.75, 3.05) is 32.8 Å². The molecule has 3 heterocycles. The summed E-state index contributed by atoms with van der Waals surface area (Å²) in [5, 5.41) is 6.28. The van der Waals surface area contributed by atoms with Crippen LogP contribution in [0.15, 0.2) is 46.4 Å². The summed E-state index contributed by atoms with van der Waals surface area (Å²) in [7, 11) is 0. The van der Waals surface area contributed by atoms with E-state index in [1.54, 1.807) is 11.8 Å². The fourth-order valence-corrected chi connectivity index (χ4v) is 4.69. The van der Waals surface area contributed by atoms with Crippen molar-refractivity contribution in [1.29, 1.82) is 0 Å². The number of amidine groups is 1. The first-order chi connectivity index (χ1) is 12.3. The minimum Gasteiger partial charge on any atom is -0.381 e. The molecule has 1 saturated heterocycles. The summed E-state index contributed by atoms with van der Waals surface area (Å²) < 4.78 is 5.56. The molecule has 132 valence electrons. The Labute approximate surface area is 152 Å². The Morgan fingerprint density at radius 2 is 2.08 bits per heavy atom. The van der Waals surface area contributed by atoms with E-state index in [0.717, 1.165) is 50.0 Å². The lowest BCUT2D eigenvalue weighted by molar-refractivity contribution is -0.121. The van der Waals surface area contributed by atoms with Crippen LogP contribution in [0.1, 0.15) is 24.8 Å². The third kappa shape index (κ3) is 3.46. The SMILES string of the molecule is O=C(CC1=CSC2=NCCN12)NCC1(c2ccccc2)CCOCC1. The highest BCUT2D eigenvalue weighted by Crippen LogP contribution is 2.34. The van der Waals surface area contributed by atoms with E-state index in [0.29, 0.717) is 13.0 Å². The van der Waals surface area contributed by atoms with Crippen LogP contribution in [-0.2, 0) is 14.9 Å². The summed E-state index contributed by atoms with van der Waals surface area (Å²) in [4.78, 5) is 19.1. The number of aliphatic imine (C=N–C) groups is 1. The first-order valence-corrected chi connectivity index (χ1v) is 9.72. The second-order valence-electron chi connectivity index (χ2n) is 6.76. The molecule has 0 atom stereocenters. The van der Waals surface area contributed by atoms with E-state index in [9.17, 15) is 4.79 Å². The van der Waals surface area contributed by atoms with Crippen LogP contribution in [0.4, 0.5) is 0 Å². The van der Waals surface area contributed by atoms with E-state index in [4.69, 9.17) is 4.74 Å². The Balaban J connectivity index is 1.40. The second kappa shape index (κ2) is 7.22. The molecule has 1 aromatic carbocycles. The smallest absolute Gasteiger partial charge is 0.225 e.